The minimum Gasteiger partial charge on any atom is -0.293 e. The molecule has 98 valence electrons. The van der Waals surface area contributed by atoms with E-state index < -0.39 is 0 Å². The molecule has 0 bridgehead atoms. The molecular formula is C14H17Cl2OP. The van der Waals surface area contributed by atoms with Gasteiger partial charge in [0.1, 0.15) is 0 Å². The van der Waals surface area contributed by atoms with Crippen molar-refractivity contribution < 1.29 is 4.79 Å². The number of Topliss-reactive ketones (excluding diaryl/α,β-unsaturated/α-hetero) is 1. The van der Waals surface area contributed by atoms with E-state index in [1.807, 2.05) is 13.0 Å². The minimum atomic E-state index is -0.376. The third-order valence-electron chi connectivity index (χ3n) is 3.71. The summed E-state index contributed by atoms with van der Waals surface area (Å²) in [6.45, 7) is 1.89. The molecule has 0 saturated heterocycles. The Morgan fingerprint density at radius 2 is 1.83 bits per heavy atom. The first-order chi connectivity index (χ1) is 8.46. The van der Waals surface area contributed by atoms with Crippen molar-refractivity contribution in [3.05, 3.63) is 33.3 Å². The Labute approximate surface area is 120 Å². The standard InChI is InChI=1S/C14H17Cl2OP/c1-9-5-6-10(15)11(12(9)16)13(17)14(18)7-3-2-4-8-14/h5-6H,2-4,7-8,18H2,1H3. The lowest BCUT2D eigenvalue weighted by atomic mass is 9.82. The van der Waals surface area contributed by atoms with Crippen molar-refractivity contribution in [1.29, 1.82) is 0 Å². The van der Waals surface area contributed by atoms with Crippen LogP contribution in [0.1, 0.15) is 48.0 Å². The van der Waals surface area contributed by atoms with Crippen LogP contribution in [-0.4, -0.2) is 10.9 Å². The number of aryl methyl sites for hydroxylation is 1. The molecule has 0 radical (unpaired) electrons. The fraction of sp³-hybridized carbons (Fsp3) is 0.500. The number of ketones is 1. The number of hydrogen-bond acceptors (Lipinski definition) is 1. The molecular weight excluding hydrogens is 286 g/mol. The van der Waals surface area contributed by atoms with Crippen molar-refractivity contribution >= 4 is 38.2 Å². The summed E-state index contributed by atoms with van der Waals surface area (Å²) in [5.74, 6) is 0.0749. The zero-order valence-corrected chi connectivity index (χ0v) is 13.1. The second kappa shape index (κ2) is 5.49. The predicted octanol–water partition coefficient (Wildman–Crippen LogP) is 5.06. The Bertz CT molecular complexity index is 479. The molecule has 1 nitrogen and oxygen atoms in total. The van der Waals surface area contributed by atoms with Gasteiger partial charge < -0.3 is 0 Å². The first-order valence-electron chi connectivity index (χ1n) is 6.24. The normalized spacial score (nSPS) is 18.7. The van der Waals surface area contributed by atoms with E-state index >= 15 is 0 Å². The second-order valence-corrected chi connectivity index (χ2v) is 6.99. The summed E-state index contributed by atoms with van der Waals surface area (Å²) in [7, 11) is 2.75. The lowest BCUT2D eigenvalue weighted by Gasteiger charge is -2.32. The van der Waals surface area contributed by atoms with Crippen molar-refractivity contribution in [2.24, 2.45) is 0 Å². The summed E-state index contributed by atoms with van der Waals surface area (Å²) < 4.78 is 0. The third kappa shape index (κ3) is 2.59. The smallest absolute Gasteiger partial charge is 0.175 e. The van der Waals surface area contributed by atoms with E-state index in [2.05, 4.69) is 9.24 Å². The molecule has 1 atom stereocenters. The number of benzene rings is 1. The Morgan fingerprint density at radius 1 is 1.22 bits per heavy atom. The van der Waals surface area contributed by atoms with Crippen LogP contribution in [0.5, 0.6) is 0 Å². The van der Waals surface area contributed by atoms with Gasteiger partial charge in [0.05, 0.1) is 15.6 Å². The molecule has 0 heterocycles. The molecule has 1 unspecified atom stereocenters. The van der Waals surface area contributed by atoms with E-state index in [1.165, 1.54) is 6.42 Å². The number of carbonyl (C=O) groups excluding carboxylic acids is 1. The summed E-state index contributed by atoms with van der Waals surface area (Å²) in [5, 5.41) is 0.585. The number of rotatable bonds is 2. The summed E-state index contributed by atoms with van der Waals surface area (Å²) in [4.78, 5) is 12.7. The Hall–Kier alpha value is -0.100. The van der Waals surface area contributed by atoms with Crippen molar-refractivity contribution in [2.45, 2.75) is 44.2 Å². The highest BCUT2D eigenvalue weighted by Gasteiger charge is 2.37. The van der Waals surface area contributed by atoms with Crippen LogP contribution < -0.4 is 0 Å². The molecule has 0 N–H and O–H groups in total. The van der Waals surface area contributed by atoms with Crippen LogP contribution in [-0.2, 0) is 0 Å². The van der Waals surface area contributed by atoms with Crippen molar-refractivity contribution in [3.8, 4) is 0 Å². The maximum Gasteiger partial charge on any atom is 0.175 e. The highest BCUT2D eigenvalue weighted by Crippen LogP contribution is 2.42. The van der Waals surface area contributed by atoms with Crippen LogP contribution in [0, 0.1) is 6.92 Å². The van der Waals surface area contributed by atoms with Crippen molar-refractivity contribution in [3.63, 3.8) is 0 Å². The summed E-state index contributed by atoms with van der Waals surface area (Å²) in [5.41, 5.74) is 1.39. The zero-order valence-electron chi connectivity index (χ0n) is 10.4. The summed E-state index contributed by atoms with van der Waals surface area (Å²) in [6.07, 6.45) is 5.19. The monoisotopic (exact) mass is 302 g/mol. The maximum atomic E-state index is 12.7. The molecule has 1 aliphatic rings. The molecule has 18 heavy (non-hydrogen) atoms. The lowest BCUT2D eigenvalue weighted by Crippen LogP contribution is -2.34. The lowest BCUT2D eigenvalue weighted by molar-refractivity contribution is 0.0918. The molecule has 1 aromatic carbocycles. The number of hydrogen-bond donors (Lipinski definition) is 0. The van der Waals surface area contributed by atoms with Gasteiger partial charge in [0, 0.05) is 5.16 Å². The van der Waals surface area contributed by atoms with Crippen molar-refractivity contribution in [1.82, 2.24) is 0 Å². The molecule has 1 saturated carbocycles. The van der Waals surface area contributed by atoms with E-state index in [1.54, 1.807) is 6.07 Å². The highest BCUT2D eigenvalue weighted by molar-refractivity contribution is 7.21. The van der Waals surface area contributed by atoms with Gasteiger partial charge in [-0.1, -0.05) is 48.5 Å². The fourth-order valence-electron chi connectivity index (χ4n) is 2.52. The predicted molar refractivity (Wildman–Crippen MR) is 81.1 cm³/mol. The van der Waals surface area contributed by atoms with Crippen LogP contribution in [0.25, 0.3) is 0 Å². The molecule has 0 aromatic heterocycles. The molecule has 4 heteroatoms. The van der Waals surface area contributed by atoms with Crippen LogP contribution >= 0.6 is 32.4 Å². The SMILES string of the molecule is Cc1ccc(Cl)c(C(=O)C2(P)CCCCC2)c1Cl. The van der Waals surface area contributed by atoms with Crippen LogP contribution in [0.2, 0.25) is 10.0 Å². The van der Waals surface area contributed by atoms with Gasteiger partial charge in [0.15, 0.2) is 5.78 Å². The van der Waals surface area contributed by atoms with Gasteiger partial charge in [-0.2, -0.15) is 0 Å². The molecule has 0 aliphatic heterocycles. The molecule has 0 spiro atoms. The van der Waals surface area contributed by atoms with Gasteiger partial charge in [-0.05, 0) is 31.4 Å². The van der Waals surface area contributed by atoms with E-state index in [4.69, 9.17) is 23.2 Å². The fourth-order valence-corrected chi connectivity index (χ4v) is 3.62. The molecule has 1 fully saturated rings. The van der Waals surface area contributed by atoms with E-state index in [0.717, 1.165) is 31.2 Å². The third-order valence-corrected chi connectivity index (χ3v) is 5.35. The quantitative estimate of drug-likeness (QED) is 0.551. The second-order valence-electron chi connectivity index (χ2n) is 5.10. The van der Waals surface area contributed by atoms with Gasteiger partial charge in [0.2, 0.25) is 0 Å². The Kier molecular flexibility index (Phi) is 4.36. The largest absolute Gasteiger partial charge is 0.293 e. The summed E-state index contributed by atoms with van der Waals surface area (Å²) >= 11 is 12.4. The Balaban J connectivity index is 2.42. The zero-order chi connectivity index (χ0) is 13.3. The Morgan fingerprint density at radius 3 is 2.44 bits per heavy atom. The number of carbonyl (C=O) groups is 1. The van der Waals surface area contributed by atoms with E-state index in [-0.39, 0.29) is 10.9 Å². The molecule has 2 rings (SSSR count). The molecule has 1 aliphatic carbocycles. The maximum absolute atomic E-state index is 12.7. The van der Waals surface area contributed by atoms with Crippen LogP contribution in [0.4, 0.5) is 0 Å². The molecule has 1 aromatic rings. The first kappa shape index (κ1) is 14.3. The molecule has 0 amide bonds. The summed E-state index contributed by atoms with van der Waals surface area (Å²) in [6, 6.07) is 3.60. The highest BCUT2D eigenvalue weighted by atomic mass is 35.5. The van der Waals surface area contributed by atoms with Gasteiger partial charge in [-0.15, -0.1) is 9.24 Å². The number of halogens is 2. The minimum absolute atomic E-state index is 0.0749. The average Bonchev–Trinajstić information content (AvgIpc) is 2.35. The topological polar surface area (TPSA) is 17.1 Å². The van der Waals surface area contributed by atoms with Crippen molar-refractivity contribution in [2.75, 3.05) is 0 Å². The van der Waals surface area contributed by atoms with Crippen LogP contribution in [0.3, 0.4) is 0 Å². The first-order valence-corrected chi connectivity index (χ1v) is 7.57. The van der Waals surface area contributed by atoms with Gasteiger partial charge >= 0.3 is 0 Å². The average molecular weight is 303 g/mol. The van der Waals surface area contributed by atoms with Gasteiger partial charge in [-0.25, -0.2) is 0 Å². The van der Waals surface area contributed by atoms with Gasteiger partial charge in [0.25, 0.3) is 0 Å². The van der Waals surface area contributed by atoms with E-state index in [9.17, 15) is 4.79 Å². The van der Waals surface area contributed by atoms with Gasteiger partial charge in [-0.3, -0.25) is 4.79 Å². The van der Waals surface area contributed by atoms with Crippen LogP contribution in [0.15, 0.2) is 12.1 Å². The van der Waals surface area contributed by atoms with E-state index in [0.29, 0.717) is 15.6 Å².